The molecule has 1 aliphatic rings. The Balaban J connectivity index is 1.97. The lowest BCUT2D eigenvalue weighted by Gasteiger charge is -2.21. The van der Waals surface area contributed by atoms with Gasteiger partial charge in [-0.15, -0.1) is 0 Å². The Morgan fingerprint density at radius 2 is 2.24 bits per heavy atom. The molecule has 2 atom stereocenters. The maximum atomic E-state index is 12.2. The van der Waals surface area contributed by atoms with E-state index in [0.29, 0.717) is 24.9 Å². The summed E-state index contributed by atoms with van der Waals surface area (Å²) >= 11 is 0. The molecule has 0 spiro atoms. The predicted molar refractivity (Wildman–Crippen MR) is 66.3 cm³/mol. The average Bonchev–Trinajstić information content (AvgIpc) is 2.72. The van der Waals surface area contributed by atoms with Crippen LogP contribution in [0.5, 0.6) is 0 Å². The molecule has 1 fully saturated rings. The van der Waals surface area contributed by atoms with Gasteiger partial charge in [0, 0.05) is 25.0 Å². The highest BCUT2D eigenvalue weighted by atomic mass is 16.2. The summed E-state index contributed by atoms with van der Waals surface area (Å²) in [5.41, 5.74) is 6.69. The standard InChI is InChI=1S/C13H19N3O/c1-10-6-12(8-14)9-16(10)13(17)7-11-2-4-15-5-3-11/h2-5,10,12H,6-9,14H2,1H3. The van der Waals surface area contributed by atoms with Gasteiger partial charge < -0.3 is 10.6 Å². The monoisotopic (exact) mass is 233 g/mol. The fourth-order valence-corrected chi connectivity index (χ4v) is 2.44. The quantitative estimate of drug-likeness (QED) is 0.841. The Kier molecular flexibility index (Phi) is 3.74. The van der Waals surface area contributed by atoms with E-state index in [0.717, 1.165) is 18.5 Å². The van der Waals surface area contributed by atoms with Gasteiger partial charge in [-0.3, -0.25) is 9.78 Å². The first-order valence-electron chi connectivity index (χ1n) is 6.09. The van der Waals surface area contributed by atoms with Gasteiger partial charge in [0.15, 0.2) is 0 Å². The van der Waals surface area contributed by atoms with Crippen molar-refractivity contribution >= 4 is 5.91 Å². The largest absolute Gasteiger partial charge is 0.339 e. The van der Waals surface area contributed by atoms with Crippen molar-refractivity contribution in [1.29, 1.82) is 0 Å². The van der Waals surface area contributed by atoms with Gasteiger partial charge in [0.2, 0.25) is 5.91 Å². The topological polar surface area (TPSA) is 59.2 Å². The highest BCUT2D eigenvalue weighted by Crippen LogP contribution is 2.22. The molecule has 1 aromatic rings. The molecule has 4 nitrogen and oxygen atoms in total. The molecule has 1 amide bonds. The van der Waals surface area contributed by atoms with E-state index in [1.165, 1.54) is 0 Å². The van der Waals surface area contributed by atoms with E-state index in [1.54, 1.807) is 12.4 Å². The molecule has 0 bridgehead atoms. The van der Waals surface area contributed by atoms with Crippen LogP contribution in [0.1, 0.15) is 18.9 Å². The summed E-state index contributed by atoms with van der Waals surface area (Å²) in [6.45, 7) is 3.57. The first-order chi connectivity index (χ1) is 8.20. The number of aromatic nitrogens is 1. The van der Waals surface area contributed by atoms with Gasteiger partial charge in [-0.25, -0.2) is 0 Å². The van der Waals surface area contributed by atoms with Crippen LogP contribution in [0.25, 0.3) is 0 Å². The third-order valence-corrected chi connectivity index (χ3v) is 3.42. The number of hydrogen-bond donors (Lipinski definition) is 1. The van der Waals surface area contributed by atoms with Crippen LogP contribution in [0.3, 0.4) is 0 Å². The molecule has 0 aliphatic carbocycles. The SMILES string of the molecule is CC1CC(CN)CN1C(=O)Cc1ccncc1. The normalized spacial score (nSPS) is 24.0. The molecule has 2 heterocycles. The van der Waals surface area contributed by atoms with Gasteiger partial charge in [-0.1, -0.05) is 0 Å². The van der Waals surface area contributed by atoms with Crippen LogP contribution in [-0.2, 0) is 11.2 Å². The fraction of sp³-hybridized carbons (Fsp3) is 0.538. The second-order valence-corrected chi connectivity index (χ2v) is 4.76. The van der Waals surface area contributed by atoms with Crippen molar-refractivity contribution in [3.63, 3.8) is 0 Å². The Morgan fingerprint density at radius 1 is 1.53 bits per heavy atom. The molecule has 2 rings (SSSR count). The fourth-order valence-electron chi connectivity index (χ4n) is 2.44. The Bertz CT molecular complexity index is 380. The van der Waals surface area contributed by atoms with Crippen LogP contribution >= 0.6 is 0 Å². The lowest BCUT2D eigenvalue weighted by molar-refractivity contribution is -0.131. The van der Waals surface area contributed by atoms with Crippen molar-refractivity contribution in [3.8, 4) is 0 Å². The molecule has 2 unspecified atom stereocenters. The lowest BCUT2D eigenvalue weighted by Crippen LogP contribution is -2.35. The Labute approximate surface area is 102 Å². The summed E-state index contributed by atoms with van der Waals surface area (Å²) in [5.74, 6) is 0.658. The predicted octanol–water partition coefficient (Wildman–Crippen LogP) is 0.820. The molecule has 1 saturated heterocycles. The number of pyridine rings is 1. The summed E-state index contributed by atoms with van der Waals surface area (Å²) in [5, 5.41) is 0. The molecule has 1 aliphatic heterocycles. The maximum Gasteiger partial charge on any atom is 0.227 e. The van der Waals surface area contributed by atoms with E-state index in [9.17, 15) is 4.79 Å². The highest BCUT2D eigenvalue weighted by molar-refractivity contribution is 5.79. The zero-order valence-electron chi connectivity index (χ0n) is 10.2. The molecular weight excluding hydrogens is 214 g/mol. The molecule has 0 radical (unpaired) electrons. The molecule has 17 heavy (non-hydrogen) atoms. The van der Waals surface area contributed by atoms with Crippen molar-refractivity contribution in [1.82, 2.24) is 9.88 Å². The minimum atomic E-state index is 0.194. The van der Waals surface area contributed by atoms with Crippen molar-refractivity contribution in [2.45, 2.75) is 25.8 Å². The highest BCUT2D eigenvalue weighted by Gasteiger charge is 2.31. The second kappa shape index (κ2) is 5.27. The number of amides is 1. The molecule has 92 valence electrons. The van der Waals surface area contributed by atoms with Gasteiger partial charge in [0.1, 0.15) is 0 Å². The summed E-state index contributed by atoms with van der Waals surface area (Å²) in [7, 11) is 0. The molecular formula is C13H19N3O. The van der Waals surface area contributed by atoms with E-state index >= 15 is 0 Å². The number of likely N-dealkylation sites (tertiary alicyclic amines) is 1. The van der Waals surface area contributed by atoms with Crippen molar-refractivity contribution in [2.75, 3.05) is 13.1 Å². The lowest BCUT2D eigenvalue weighted by atomic mass is 10.1. The van der Waals surface area contributed by atoms with E-state index in [2.05, 4.69) is 11.9 Å². The zero-order chi connectivity index (χ0) is 12.3. The summed E-state index contributed by atoms with van der Waals surface area (Å²) in [6.07, 6.45) is 4.93. The molecule has 1 aromatic heterocycles. The van der Waals surface area contributed by atoms with Crippen LogP contribution in [-0.4, -0.2) is 34.9 Å². The minimum absolute atomic E-state index is 0.194. The smallest absolute Gasteiger partial charge is 0.227 e. The number of carbonyl (C=O) groups excluding carboxylic acids is 1. The maximum absolute atomic E-state index is 12.2. The van der Waals surface area contributed by atoms with Crippen LogP contribution in [0, 0.1) is 5.92 Å². The Morgan fingerprint density at radius 3 is 2.82 bits per heavy atom. The number of hydrogen-bond acceptors (Lipinski definition) is 3. The molecule has 0 saturated carbocycles. The van der Waals surface area contributed by atoms with Gasteiger partial charge in [0.05, 0.1) is 6.42 Å². The number of nitrogens with two attached hydrogens (primary N) is 1. The van der Waals surface area contributed by atoms with Gasteiger partial charge in [0.25, 0.3) is 0 Å². The first-order valence-corrected chi connectivity index (χ1v) is 6.09. The van der Waals surface area contributed by atoms with Crippen molar-refractivity contribution in [3.05, 3.63) is 30.1 Å². The average molecular weight is 233 g/mol. The van der Waals surface area contributed by atoms with Gasteiger partial charge in [-0.2, -0.15) is 0 Å². The minimum Gasteiger partial charge on any atom is -0.339 e. The number of nitrogens with zero attached hydrogens (tertiary/aromatic N) is 2. The van der Waals surface area contributed by atoms with Crippen LogP contribution in [0.4, 0.5) is 0 Å². The number of carbonyl (C=O) groups is 1. The van der Waals surface area contributed by atoms with Crippen molar-refractivity contribution < 1.29 is 4.79 Å². The van der Waals surface area contributed by atoms with E-state index in [1.807, 2.05) is 17.0 Å². The zero-order valence-corrected chi connectivity index (χ0v) is 10.2. The Hall–Kier alpha value is -1.42. The molecule has 0 aromatic carbocycles. The van der Waals surface area contributed by atoms with Gasteiger partial charge in [-0.05, 0) is 43.5 Å². The summed E-state index contributed by atoms with van der Waals surface area (Å²) < 4.78 is 0. The third kappa shape index (κ3) is 2.82. The van der Waals surface area contributed by atoms with E-state index in [-0.39, 0.29) is 5.91 Å². The molecule has 2 N–H and O–H groups in total. The van der Waals surface area contributed by atoms with Crippen LogP contribution < -0.4 is 5.73 Å². The summed E-state index contributed by atoms with van der Waals surface area (Å²) in [6, 6.07) is 4.09. The number of rotatable bonds is 3. The second-order valence-electron chi connectivity index (χ2n) is 4.76. The van der Waals surface area contributed by atoms with E-state index in [4.69, 9.17) is 5.73 Å². The van der Waals surface area contributed by atoms with Crippen LogP contribution in [0.15, 0.2) is 24.5 Å². The van der Waals surface area contributed by atoms with Crippen LogP contribution in [0.2, 0.25) is 0 Å². The summed E-state index contributed by atoms with van der Waals surface area (Å²) in [4.78, 5) is 18.1. The third-order valence-electron chi connectivity index (χ3n) is 3.42. The van der Waals surface area contributed by atoms with E-state index < -0.39 is 0 Å². The first kappa shape index (κ1) is 12.0. The van der Waals surface area contributed by atoms with Crippen molar-refractivity contribution in [2.24, 2.45) is 11.7 Å². The molecule has 4 heteroatoms. The van der Waals surface area contributed by atoms with Gasteiger partial charge >= 0.3 is 0 Å².